The second kappa shape index (κ2) is 25.8. The van der Waals surface area contributed by atoms with Crippen LogP contribution in [0.25, 0.3) is 11.6 Å². The summed E-state index contributed by atoms with van der Waals surface area (Å²) in [6, 6.07) is 35.0. The average Bonchev–Trinajstić information content (AvgIpc) is 3.91. The maximum absolute atomic E-state index is 4.06. The zero-order valence-electron chi connectivity index (χ0n) is 42.0. The molecule has 1 unspecified atom stereocenters. The van der Waals surface area contributed by atoms with E-state index in [4.69, 9.17) is 0 Å². The Morgan fingerprint density at radius 2 is 0.909 bits per heavy atom. The monoisotopic (exact) mass is 1010 g/mol. The lowest BCUT2D eigenvalue weighted by Crippen LogP contribution is -2.45. The molecule has 0 amide bonds. The molecule has 0 saturated carbocycles. The van der Waals surface area contributed by atoms with E-state index in [0.717, 1.165) is 6.42 Å². The molecular weight excluding hydrogens is 929 g/mol. The van der Waals surface area contributed by atoms with Crippen LogP contribution < -0.4 is 0 Å². The second-order valence-electron chi connectivity index (χ2n) is 21.0. The van der Waals surface area contributed by atoms with Gasteiger partial charge in [0.2, 0.25) is 0 Å². The third-order valence-electron chi connectivity index (χ3n) is 16.3. The second-order valence-corrected chi connectivity index (χ2v) is 22.8. The van der Waals surface area contributed by atoms with E-state index in [1.54, 1.807) is 22.3 Å². The normalized spacial score (nSPS) is 16.6. The Kier molecular flexibility index (Phi) is 20.0. The van der Waals surface area contributed by atoms with Crippen molar-refractivity contribution in [3.05, 3.63) is 150 Å². The minimum absolute atomic E-state index is 0.0488. The fourth-order valence-electron chi connectivity index (χ4n) is 12.8. The Hall–Kier alpha value is -2.68. The number of halogens is 2. The average molecular weight is 1020 g/mol. The van der Waals surface area contributed by atoms with Gasteiger partial charge in [0.1, 0.15) is 0 Å². The van der Waals surface area contributed by atoms with Crippen LogP contribution in [0.1, 0.15) is 245 Å². The zero-order chi connectivity index (χ0) is 46.2. The number of allylic oxidation sites excluding steroid dienone is 3. The van der Waals surface area contributed by atoms with Gasteiger partial charge in [-0.25, -0.2) is 0 Å². The molecule has 0 aliphatic heterocycles. The van der Waals surface area contributed by atoms with Crippen LogP contribution in [0.2, 0.25) is 0 Å². The molecule has 0 heterocycles. The van der Waals surface area contributed by atoms with E-state index < -0.39 is 5.41 Å². The molecule has 0 radical (unpaired) electrons. The van der Waals surface area contributed by atoms with Crippen LogP contribution in [0.5, 0.6) is 0 Å². The first-order valence-corrected chi connectivity index (χ1v) is 29.2. The van der Waals surface area contributed by atoms with Gasteiger partial charge in [-0.05, 0) is 125 Å². The molecule has 0 spiro atoms. The van der Waals surface area contributed by atoms with Crippen molar-refractivity contribution in [1.82, 2.24) is 0 Å². The van der Waals surface area contributed by atoms with E-state index in [1.165, 1.54) is 228 Å². The van der Waals surface area contributed by atoms with E-state index >= 15 is 0 Å². The van der Waals surface area contributed by atoms with E-state index in [9.17, 15) is 0 Å². The van der Waals surface area contributed by atoms with Crippen molar-refractivity contribution >= 4 is 43.5 Å². The maximum atomic E-state index is 4.06. The Morgan fingerprint density at radius 3 is 1.41 bits per heavy atom. The number of unbranched alkanes of at least 4 members (excludes halogenated alkanes) is 20. The number of fused-ring (bicyclic) bond motifs is 5. The van der Waals surface area contributed by atoms with Crippen LogP contribution in [0.4, 0.5) is 0 Å². The summed E-state index contributed by atoms with van der Waals surface area (Å²) in [6.45, 7) is 9.34. The summed E-state index contributed by atoms with van der Waals surface area (Å²) in [4.78, 5) is 0. The number of aryl methyl sites for hydroxylation is 2. The molecule has 0 bridgehead atoms. The SMILES string of the molecule is CCCCCCCCc1ccc(C2(c3ccc(CCCCCCCC)cc3)C3=Cc4ccc(Br)cc4C3C(CCCCCCCC)(CCCCCCCC)C3=C2c2cc(Br)ccc2C3)cc1. The van der Waals surface area contributed by atoms with Crippen LogP contribution in [0, 0.1) is 5.41 Å². The Bertz CT molecular complexity index is 2090. The fourth-order valence-corrected chi connectivity index (χ4v) is 13.6. The summed E-state index contributed by atoms with van der Waals surface area (Å²) < 4.78 is 2.41. The molecule has 3 aliphatic rings. The highest BCUT2D eigenvalue weighted by Gasteiger charge is 2.61. The number of rotatable bonds is 30. The minimum Gasteiger partial charge on any atom is -0.0654 e. The highest BCUT2D eigenvalue weighted by atomic mass is 79.9. The molecule has 66 heavy (non-hydrogen) atoms. The third-order valence-corrected chi connectivity index (χ3v) is 17.3. The predicted octanol–water partition coefficient (Wildman–Crippen LogP) is 21.0. The lowest BCUT2D eigenvalue weighted by atomic mass is 9.47. The summed E-state index contributed by atoms with van der Waals surface area (Å²) >= 11 is 8.11. The van der Waals surface area contributed by atoms with Gasteiger partial charge in [0.25, 0.3) is 0 Å². The Balaban J connectivity index is 1.42. The van der Waals surface area contributed by atoms with Crippen LogP contribution >= 0.6 is 31.9 Å². The van der Waals surface area contributed by atoms with Gasteiger partial charge >= 0.3 is 0 Å². The molecule has 4 aromatic carbocycles. The summed E-state index contributed by atoms with van der Waals surface area (Å²) in [5.74, 6) is 0.318. The van der Waals surface area contributed by atoms with Crippen LogP contribution in [0.15, 0.2) is 105 Å². The minimum atomic E-state index is -0.416. The Labute approximate surface area is 421 Å². The van der Waals surface area contributed by atoms with E-state index in [1.807, 2.05) is 0 Å². The summed E-state index contributed by atoms with van der Waals surface area (Å²) in [5.41, 5.74) is 16.5. The molecule has 0 saturated heterocycles. The first-order chi connectivity index (χ1) is 32.4. The van der Waals surface area contributed by atoms with Crippen LogP contribution in [-0.4, -0.2) is 0 Å². The molecule has 2 heteroatoms. The Morgan fingerprint density at radius 1 is 0.470 bits per heavy atom. The maximum Gasteiger partial charge on any atom is 0.0676 e. The van der Waals surface area contributed by atoms with Gasteiger partial charge in [-0.15, -0.1) is 0 Å². The molecule has 4 aromatic rings. The molecule has 1 atom stereocenters. The highest BCUT2D eigenvalue weighted by Crippen LogP contribution is 2.72. The van der Waals surface area contributed by atoms with Crippen molar-refractivity contribution in [2.75, 3.05) is 0 Å². The smallest absolute Gasteiger partial charge is 0.0654 e. The standard InChI is InChI=1S/C64H86Br2/c1-5-9-13-17-21-25-29-49-31-37-53(38-32-49)64(54-39-33-50(34-40-54)30-26-22-18-14-10-6-2)60-46-52-36-42-55(65)47-57(52)61(60)63(43-27-23-19-15-11-7-3,44-28-24-20-16-12-8-4)59-45-51-35-41-56(66)48-58(51)62(59)64/h31-42,46-48,61H,5-30,43-45H2,1-4H3. The summed E-state index contributed by atoms with van der Waals surface area (Å²) in [6.07, 6.45) is 40.7. The molecule has 356 valence electrons. The lowest BCUT2D eigenvalue weighted by molar-refractivity contribution is 0.223. The predicted molar refractivity (Wildman–Crippen MR) is 296 cm³/mol. The van der Waals surface area contributed by atoms with Crippen LogP contribution in [0.3, 0.4) is 0 Å². The van der Waals surface area contributed by atoms with E-state index in [2.05, 4.69) is 151 Å². The summed E-state index contributed by atoms with van der Waals surface area (Å²) in [7, 11) is 0. The van der Waals surface area contributed by atoms with Crippen molar-refractivity contribution in [3.63, 3.8) is 0 Å². The largest absolute Gasteiger partial charge is 0.0676 e. The number of benzene rings is 4. The first kappa shape index (κ1) is 51.2. The summed E-state index contributed by atoms with van der Waals surface area (Å²) in [5, 5.41) is 0. The van der Waals surface area contributed by atoms with Gasteiger partial charge in [0.15, 0.2) is 0 Å². The molecule has 0 aromatic heterocycles. The lowest BCUT2D eigenvalue weighted by Gasteiger charge is -2.55. The first-order valence-electron chi connectivity index (χ1n) is 27.6. The highest BCUT2D eigenvalue weighted by molar-refractivity contribution is 9.10. The quantitative estimate of drug-likeness (QED) is 0.0457. The van der Waals surface area contributed by atoms with Crippen molar-refractivity contribution in [2.24, 2.45) is 5.41 Å². The van der Waals surface area contributed by atoms with Crippen LogP contribution in [-0.2, 0) is 24.7 Å². The van der Waals surface area contributed by atoms with Crippen molar-refractivity contribution in [1.29, 1.82) is 0 Å². The van der Waals surface area contributed by atoms with E-state index in [0.29, 0.717) is 5.92 Å². The molecular formula is C64H86Br2. The van der Waals surface area contributed by atoms with Gasteiger partial charge in [0.05, 0.1) is 5.41 Å². The molecule has 0 fully saturated rings. The van der Waals surface area contributed by atoms with Crippen molar-refractivity contribution in [3.8, 4) is 0 Å². The third kappa shape index (κ3) is 11.8. The van der Waals surface area contributed by atoms with Crippen molar-refractivity contribution in [2.45, 2.75) is 225 Å². The van der Waals surface area contributed by atoms with Gasteiger partial charge in [-0.1, -0.05) is 273 Å². The molecule has 7 rings (SSSR count). The van der Waals surface area contributed by atoms with Gasteiger partial charge in [-0.2, -0.15) is 0 Å². The number of hydrogen-bond acceptors (Lipinski definition) is 0. The molecule has 0 N–H and O–H groups in total. The molecule has 0 nitrogen and oxygen atoms in total. The number of hydrogen-bond donors (Lipinski definition) is 0. The zero-order valence-corrected chi connectivity index (χ0v) is 45.2. The fraction of sp³-hybridized carbons (Fsp3) is 0.562. The van der Waals surface area contributed by atoms with Crippen molar-refractivity contribution < 1.29 is 0 Å². The van der Waals surface area contributed by atoms with Gasteiger partial charge in [-0.3, -0.25) is 0 Å². The molecule has 3 aliphatic carbocycles. The van der Waals surface area contributed by atoms with Gasteiger partial charge < -0.3 is 0 Å². The van der Waals surface area contributed by atoms with E-state index in [-0.39, 0.29) is 5.41 Å². The van der Waals surface area contributed by atoms with Gasteiger partial charge in [0, 0.05) is 20.3 Å². The topological polar surface area (TPSA) is 0 Å².